The highest BCUT2D eigenvalue weighted by atomic mass is 32.2. The molecule has 8 nitrogen and oxygen atoms in total. The molecule has 184 valence electrons. The summed E-state index contributed by atoms with van der Waals surface area (Å²) in [5.41, 5.74) is 2.14. The predicted molar refractivity (Wildman–Crippen MR) is 137 cm³/mol. The first-order chi connectivity index (χ1) is 16.9. The van der Waals surface area contributed by atoms with Crippen molar-refractivity contribution in [2.45, 2.75) is 51.6 Å². The van der Waals surface area contributed by atoms with Gasteiger partial charge in [0.05, 0.1) is 17.4 Å². The van der Waals surface area contributed by atoms with Crippen LogP contribution in [0.15, 0.2) is 66.3 Å². The number of esters is 1. The number of carbonyl (C=O) groups excluding carboxylic acids is 2. The standard InChI is InChI=1S/C26H30N4O4S/c1-5-14-30-23(16-33-22-12-10-19(6-2)11-13-22)28-29-26(30)35-17-24(31)27-21-9-7-8-20(15-21)25(32)34-18(3)4/h5,7-13,15,18H,1,6,14,16-17H2,2-4H3,(H,27,31). The first-order valence-corrected chi connectivity index (χ1v) is 12.4. The van der Waals surface area contributed by atoms with Crippen molar-refractivity contribution in [2.24, 2.45) is 0 Å². The average molecular weight is 495 g/mol. The molecule has 0 aliphatic rings. The summed E-state index contributed by atoms with van der Waals surface area (Å²) in [5, 5.41) is 11.9. The van der Waals surface area contributed by atoms with E-state index in [0.29, 0.717) is 28.8 Å². The van der Waals surface area contributed by atoms with Gasteiger partial charge in [-0.3, -0.25) is 9.36 Å². The van der Waals surface area contributed by atoms with E-state index in [1.165, 1.54) is 17.3 Å². The minimum absolute atomic E-state index is 0.120. The molecule has 3 aromatic rings. The maximum absolute atomic E-state index is 12.5. The molecular weight excluding hydrogens is 464 g/mol. The lowest BCUT2D eigenvalue weighted by Crippen LogP contribution is -2.16. The molecule has 0 atom stereocenters. The Morgan fingerprint density at radius 2 is 1.94 bits per heavy atom. The number of ether oxygens (including phenoxy) is 2. The van der Waals surface area contributed by atoms with E-state index in [0.717, 1.165) is 12.2 Å². The minimum atomic E-state index is -0.431. The number of benzene rings is 2. The molecule has 35 heavy (non-hydrogen) atoms. The smallest absolute Gasteiger partial charge is 0.338 e. The number of hydrogen-bond donors (Lipinski definition) is 1. The van der Waals surface area contributed by atoms with Crippen LogP contribution in [0.5, 0.6) is 5.75 Å². The Labute approximate surface area is 209 Å². The highest BCUT2D eigenvalue weighted by molar-refractivity contribution is 7.99. The highest BCUT2D eigenvalue weighted by Crippen LogP contribution is 2.20. The summed E-state index contributed by atoms with van der Waals surface area (Å²) in [6.07, 6.45) is 2.49. The highest BCUT2D eigenvalue weighted by Gasteiger charge is 2.15. The maximum atomic E-state index is 12.5. The van der Waals surface area contributed by atoms with Crippen LogP contribution >= 0.6 is 11.8 Å². The van der Waals surface area contributed by atoms with Crippen LogP contribution in [0.2, 0.25) is 0 Å². The molecule has 2 aromatic carbocycles. The molecule has 0 aliphatic heterocycles. The van der Waals surface area contributed by atoms with Crippen LogP contribution in [0.1, 0.15) is 42.5 Å². The van der Waals surface area contributed by atoms with Gasteiger partial charge in [0, 0.05) is 12.2 Å². The third kappa shape index (κ3) is 7.71. The van der Waals surface area contributed by atoms with Gasteiger partial charge in [-0.2, -0.15) is 0 Å². The van der Waals surface area contributed by atoms with Crippen molar-refractivity contribution < 1.29 is 19.1 Å². The number of hydrogen-bond acceptors (Lipinski definition) is 7. The van der Waals surface area contributed by atoms with Crippen molar-refractivity contribution in [3.63, 3.8) is 0 Å². The zero-order valence-electron chi connectivity index (χ0n) is 20.2. The van der Waals surface area contributed by atoms with Gasteiger partial charge in [0.15, 0.2) is 11.0 Å². The van der Waals surface area contributed by atoms with E-state index >= 15 is 0 Å². The number of carbonyl (C=O) groups is 2. The quantitative estimate of drug-likeness (QED) is 0.217. The number of thioether (sulfide) groups is 1. The molecule has 0 saturated carbocycles. The lowest BCUT2D eigenvalue weighted by atomic mass is 10.2. The summed E-state index contributed by atoms with van der Waals surface area (Å²) in [6.45, 7) is 10.2. The number of nitrogens with zero attached hydrogens (tertiary/aromatic N) is 3. The van der Waals surface area contributed by atoms with Gasteiger partial charge in [-0.05, 0) is 56.2 Å². The summed E-state index contributed by atoms with van der Waals surface area (Å²) in [4.78, 5) is 24.6. The van der Waals surface area contributed by atoms with Crippen molar-refractivity contribution in [1.29, 1.82) is 0 Å². The van der Waals surface area contributed by atoms with E-state index in [2.05, 4.69) is 29.0 Å². The fourth-order valence-corrected chi connectivity index (χ4v) is 3.91. The van der Waals surface area contributed by atoms with Crippen LogP contribution in [0, 0.1) is 0 Å². The number of anilines is 1. The summed E-state index contributed by atoms with van der Waals surface area (Å²) in [6, 6.07) is 14.6. The second-order valence-corrected chi connectivity index (χ2v) is 8.90. The molecule has 0 saturated heterocycles. The Morgan fingerprint density at radius 1 is 1.17 bits per heavy atom. The lowest BCUT2D eigenvalue weighted by Gasteiger charge is -2.10. The zero-order chi connectivity index (χ0) is 25.2. The van der Waals surface area contributed by atoms with Crippen molar-refractivity contribution >= 4 is 29.3 Å². The van der Waals surface area contributed by atoms with Gasteiger partial charge >= 0.3 is 5.97 Å². The third-order valence-electron chi connectivity index (χ3n) is 4.86. The van der Waals surface area contributed by atoms with Gasteiger partial charge in [-0.15, -0.1) is 16.8 Å². The lowest BCUT2D eigenvalue weighted by molar-refractivity contribution is -0.113. The Kier molecular flexibility index (Phi) is 9.48. The Morgan fingerprint density at radius 3 is 2.63 bits per heavy atom. The van der Waals surface area contributed by atoms with E-state index in [1.54, 1.807) is 44.2 Å². The summed E-state index contributed by atoms with van der Waals surface area (Å²) in [7, 11) is 0. The minimum Gasteiger partial charge on any atom is -0.486 e. The SMILES string of the molecule is C=CCn1c(COc2ccc(CC)cc2)nnc1SCC(=O)Nc1cccc(C(=O)OC(C)C)c1. The maximum Gasteiger partial charge on any atom is 0.338 e. The van der Waals surface area contributed by atoms with Crippen LogP contribution < -0.4 is 10.1 Å². The van der Waals surface area contributed by atoms with Gasteiger partial charge in [-0.25, -0.2) is 4.79 Å². The Balaban J connectivity index is 1.58. The first kappa shape index (κ1) is 26.0. The second-order valence-electron chi connectivity index (χ2n) is 7.96. The molecule has 3 rings (SSSR count). The fraction of sp³-hybridized carbons (Fsp3) is 0.308. The molecule has 0 unspecified atom stereocenters. The molecule has 1 amide bonds. The van der Waals surface area contributed by atoms with E-state index in [-0.39, 0.29) is 24.4 Å². The van der Waals surface area contributed by atoms with Crippen LogP contribution in [0.3, 0.4) is 0 Å². The third-order valence-corrected chi connectivity index (χ3v) is 5.83. The predicted octanol–water partition coefficient (Wildman–Crippen LogP) is 4.90. The van der Waals surface area contributed by atoms with E-state index in [4.69, 9.17) is 9.47 Å². The molecule has 1 heterocycles. The Hall–Kier alpha value is -3.59. The van der Waals surface area contributed by atoms with Gasteiger partial charge in [0.25, 0.3) is 0 Å². The topological polar surface area (TPSA) is 95.3 Å². The van der Waals surface area contributed by atoms with Crippen LogP contribution in [-0.2, 0) is 29.1 Å². The monoisotopic (exact) mass is 494 g/mol. The summed E-state index contributed by atoms with van der Waals surface area (Å²) in [5.74, 6) is 0.854. The number of amides is 1. The average Bonchev–Trinajstić information content (AvgIpc) is 3.23. The van der Waals surface area contributed by atoms with Gasteiger partial charge in [-0.1, -0.05) is 43.0 Å². The number of allylic oxidation sites excluding steroid dienone is 1. The van der Waals surface area contributed by atoms with Crippen molar-refractivity contribution in [2.75, 3.05) is 11.1 Å². The van der Waals surface area contributed by atoms with E-state index < -0.39 is 5.97 Å². The van der Waals surface area contributed by atoms with E-state index in [9.17, 15) is 9.59 Å². The summed E-state index contributed by atoms with van der Waals surface area (Å²) >= 11 is 1.26. The van der Waals surface area contributed by atoms with Crippen molar-refractivity contribution in [1.82, 2.24) is 14.8 Å². The van der Waals surface area contributed by atoms with Gasteiger partial charge in [0.1, 0.15) is 12.4 Å². The second kappa shape index (κ2) is 12.8. The molecule has 1 N–H and O–H groups in total. The van der Waals surface area contributed by atoms with E-state index in [1.807, 2.05) is 28.8 Å². The zero-order valence-corrected chi connectivity index (χ0v) is 21.0. The first-order valence-electron chi connectivity index (χ1n) is 11.4. The molecular formula is C26H30N4O4S. The van der Waals surface area contributed by atoms with Gasteiger partial charge in [0.2, 0.25) is 5.91 Å². The van der Waals surface area contributed by atoms with Crippen molar-refractivity contribution in [3.8, 4) is 5.75 Å². The molecule has 0 bridgehead atoms. The largest absolute Gasteiger partial charge is 0.486 e. The molecule has 0 spiro atoms. The number of aryl methyl sites for hydroxylation is 1. The number of nitrogens with one attached hydrogen (secondary N) is 1. The van der Waals surface area contributed by atoms with Gasteiger partial charge < -0.3 is 14.8 Å². The fourth-order valence-electron chi connectivity index (χ4n) is 3.15. The molecule has 9 heteroatoms. The number of aromatic nitrogens is 3. The summed E-state index contributed by atoms with van der Waals surface area (Å²) < 4.78 is 12.9. The Bertz CT molecular complexity index is 1160. The molecule has 0 fully saturated rings. The van der Waals surface area contributed by atoms with Crippen LogP contribution in [0.4, 0.5) is 5.69 Å². The number of rotatable bonds is 12. The molecule has 0 radical (unpaired) electrons. The van der Waals surface area contributed by atoms with Crippen molar-refractivity contribution in [3.05, 3.63) is 78.1 Å². The molecule has 0 aliphatic carbocycles. The van der Waals surface area contributed by atoms with Crippen LogP contribution in [0.25, 0.3) is 0 Å². The normalized spacial score (nSPS) is 10.7. The van der Waals surface area contributed by atoms with Crippen LogP contribution in [-0.4, -0.2) is 38.5 Å². The molecule has 1 aromatic heterocycles.